The lowest BCUT2D eigenvalue weighted by Crippen LogP contribution is -2.33. The zero-order valence-electron chi connectivity index (χ0n) is 10.1. The van der Waals surface area contributed by atoms with Gasteiger partial charge in [-0.15, -0.1) is 0 Å². The van der Waals surface area contributed by atoms with Crippen molar-refractivity contribution in [2.75, 3.05) is 0 Å². The summed E-state index contributed by atoms with van der Waals surface area (Å²) in [5.41, 5.74) is 7.42. The Morgan fingerprint density at radius 3 is 2.61 bits per heavy atom. The molecule has 1 heterocycles. The summed E-state index contributed by atoms with van der Waals surface area (Å²) in [5, 5.41) is 4.37. The average Bonchev–Trinajstić information content (AvgIpc) is 2.78. The number of benzene rings is 1. The fraction of sp³-hybridized carbons (Fsp3) is 0.308. The fourth-order valence-corrected chi connectivity index (χ4v) is 2.80. The standard InChI is InChI=1S/C13H15Br2N3/c1-2-12(16)13(18-8-9(14)7-17-18)10-5-3-4-6-11(10)15/h3-8,12-13H,2,16H2,1H3. The molecule has 0 saturated heterocycles. The van der Waals surface area contributed by atoms with Crippen molar-refractivity contribution in [2.24, 2.45) is 5.73 Å². The second-order valence-corrected chi connectivity index (χ2v) is 5.95. The topological polar surface area (TPSA) is 43.8 Å². The Balaban J connectivity index is 2.47. The highest BCUT2D eigenvalue weighted by atomic mass is 79.9. The molecule has 0 aliphatic heterocycles. The van der Waals surface area contributed by atoms with E-state index in [9.17, 15) is 0 Å². The van der Waals surface area contributed by atoms with Crippen molar-refractivity contribution < 1.29 is 0 Å². The summed E-state index contributed by atoms with van der Waals surface area (Å²) < 4.78 is 3.94. The lowest BCUT2D eigenvalue weighted by molar-refractivity contribution is 0.422. The van der Waals surface area contributed by atoms with Crippen LogP contribution in [0, 0.1) is 0 Å². The Bertz CT molecular complexity index is 524. The number of rotatable bonds is 4. The van der Waals surface area contributed by atoms with Crippen molar-refractivity contribution in [2.45, 2.75) is 25.4 Å². The van der Waals surface area contributed by atoms with Gasteiger partial charge in [0.2, 0.25) is 0 Å². The van der Waals surface area contributed by atoms with E-state index in [0.717, 1.165) is 20.9 Å². The quantitative estimate of drug-likeness (QED) is 0.888. The van der Waals surface area contributed by atoms with Gasteiger partial charge < -0.3 is 5.73 Å². The van der Waals surface area contributed by atoms with Gasteiger partial charge >= 0.3 is 0 Å². The number of nitrogens with two attached hydrogens (primary N) is 1. The summed E-state index contributed by atoms with van der Waals surface area (Å²) in [6.07, 6.45) is 4.63. The lowest BCUT2D eigenvalue weighted by atomic mass is 9.98. The Morgan fingerprint density at radius 1 is 1.33 bits per heavy atom. The summed E-state index contributed by atoms with van der Waals surface area (Å²) >= 11 is 7.02. The molecular weight excluding hydrogens is 358 g/mol. The van der Waals surface area contributed by atoms with Gasteiger partial charge in [-0.3, -0.25) is 4.68 Å². The molecule has 1 aromatic carbocycles. The van der Waals surface area contributed by atoms with Crippen LogP contribution in [0.5, 0.6) is 0 Å². The second-order valence-electron chi connectivity index (χ2n) is 4.18. The van der Waals surface area contributed by atoms with Crippen LogP contribution in [-0.4, -0.2) is 15.8 Å². The van der Waals surface area contributed by atoms with Gasteiger partial charge in [-0.25, -0.2) is 0 Å². The van der Waals surface area contributed by atoms with Gasteiger partial charge in [-0.05, 0) is 34.0 Å². The van der Waals surface area contributed by atoms with Crippen LogP contribution in [0.25, 0.3) is 0 Å². The molecule has 5 heteroatoms. The number of hydrogen-bond acceptors (Lipinski definition) is 2. The van der Waals surface area contributed by atoms with Gasteiger partial charge in [-0.1, -0.05) is 41.1 Å². The fourth-order valence-electron chi connectivity index (χ4n) is 1.97. The molecule has 2 aromatic rings. The molecule has 0 spiro atoms. The van der Waals surface area contributed by atoms with Crippen LogP contribution in [0.2, 0.25) is 0 Å². The van der Waals surface area contributed by atoms with Crippen molar-refractivity contribution in [3.8, 4) is 0 Å². The molecule has 18 heavy (non-hydrogen) atoms. The molecule has 96 valence electrons. The van der Waals surface area contributed by atoms with Crippen LogP contribution in [0.15, 0.2) is 45.6 Å². The molecule has 2 N–H and O–H groups in total. The van der Waals surface area contributed by atoms with Crippen molar-refractivity contribution in [1.29, 1.82) is 0 Å². The lowest BCUT2D eigenvalue weighted by Gasteiger charge is -2.24. The van der Waals surface area contributed by atoms with Gasteiger partial charge in [0.15, 0.2) is 0 Å². The minimum absolute atomic E-state index is 0.0236. The maximum atomic E-state index is 6.26. The molecule has 0 amide bonds. The molecule has 0 aliphatic carbocycles. The molecule has 0 saturated carbocycles. The van der Waals surface area contributed by atoms with Crippen molar-refractivity contribution in [3.05, 3.63) is 51.2 Å². The second kappa shape index (κ2) is 5.99. The highest BCUT2D eigenvalue weighted by Crippen LogP contribution is 2.29. The van der Waals surface area contributed by atoms with Gasteiger partial charge in [-0.2, -0.15) is 5.10 Å². The summed E-state index contributed by atoms with van der Waals surface area (Å²) in [6, 6.07) is 8.20. The highest BCUT2D eigenvalue weighted by Gasteiger charge is 2.23. The zero-order valence-corrected chi connectivity index (χ0v) is 13.2. The normalized spacial score (nSPS) is 14.4. The molecule has 0 radical (unpaired) electrons. The largest absolute Gasteiger partial charge is 0.326 e. The Kier molecular flexibility index (Phi) is 4.59. The average molecular weight is 373 g/mol. The predicted molar refractivity (Wildman–Crippen MR) is 80.5 cm³/mol. The van der Waals surface area contributed by atoms with Gasteiger partial charge in [0.25, 0.3) is 0 Å². The number of aromatic nitrogens is 2. The molecule has 3 nitrogen and oxygen atoms in total. The van der Waals surface area contributed by atoms with E-state index < -0.39 is 0 Å². The Morgan fingerprint density at radius 2 is 2.06 bits per heavy atom. The first-order valence-electron chi connectivity index (χ1n) is 5.83. The van der Waals surface area contributed by atoms with E-state index in [-0.39, 0.29) is 12.1 Å². The summed E-state index contributed by atoms with van der Waals surface area (Å²) in [4.78, 5) is 0. The van der Waals surface area contributed by atoms with E-state index in [4.69, 9.17) is 5.73 Å². The van der Waals surface area contributed by atoms with Crippen LogP contribution >= 0.6 is 31.9 Å². The van der Waals surface area contributed by atoms with Crippen molar-refractivity contribution in [1.82, 2.24) is 9.78 Å². The zero-order chi connectivity index (χ0) is 13.1. The SMILES string of the molecule is CCC(N)C(c1ccccc1Br)n1cc(Br)cn1. The van der Waals surface area contributed by atoms with Crippen LogP contribution in [0.3, 0.4) is 0 Å². The molecular formula is C13H15Br2N3. The Hall–Kier alpha value is -0.650. The highest BCUT2D eigenvalue weighted by molar-refractivity contribution is 9.10. The predicted octanol–water partition coefficient (Wildman–Crippen LogP) is 3.73. The minimum atomic E-state index is 0.0236. The smallest absolute Gasteiger partial charge is 0.0930 e. The van der Waals surface area contributed by atoms with E-state index in [1.807, 2.05) is 29.1 Å². The number of nitrogens with zero attached hydrogens (tertiary/aromatic N) is 2. The van der Waals surface area contributed by atoms with Crippen LogP contribution in [0.4, 0.5) is 0 Å². The van der Waals surface area contributed by atoms with E-state index in [1.54, 1.807) is 6.20 Å². The third-order valence-corrected chi connectivity index (χ3v) is 4.09. The molecule has 0 fully saturated rings. The minimum Gasteiger partial charge on any atom is -0.326 e. The van der Waals surface area contributed by atoms with Crippen molar-refractivity contribution >= 4 is 31.9 Å². The molecule has 1 aromatic heterocycles. The van der Waals surface area contributed by atoms with Gasteiger partial charge in [0.05, 0.1) is 16.7 Å². The van der Waals surface area contributed by atoms with Gasteiger partial charge in [0.1, 0.15) is 0 Å². The van der Waals surface area contributed by atoms with E-state index >= 15 is 0 Å². The molecule has 2 unspecified atom stereocenters. The summed E-state index contributed by atoms with van der Waals surface area (Å²) in [5.74, 6) is 0. The third-order valence-electron chi connectivity index (χ3n) is 2.96. The number of hydrogen-bond donors (Lipinski definition) is 1. The molecule has 2 rings (SSSR count). The first-order chi connectivity index (χ1) is 8.63. The molecule has 0 bridgehead atoms. The van der Waals surface area contributed by atoms with E-state index in [2.05, 4.69) is 49.9 Å². The maximum Gasteiger partial charge on any atom is 0.0930 e. The monoisotopic (exact) mass is 371 g/mol. The van der Waals surface area contributed by atoms with Crippen LogP contribution in [-0.2, 0) is 0 Å². The third kappa shape index (κ3) is 2.84. The first kappa shape index (κ1) is 13.8. The van der Waals surface area contributed by atoms with Gasteiger partial charge in [0, 0.05) is 16.7 Å². The van der Waals surface area contributed by atoms with Crippen molar-refractivity contribution in [3.63, 3.8) is 0 Å². The number of halogens is 2. The summed E-state index contributed by atoms with van der Waals surface area (Å²) in [6.45, 7) is 2.09. The summed E-state index contributed by atoms with van der Waals surface area (Å²) in [7, 11) is 0. The van der Waals surface area contributed by atoms with E-state index in [0.29, 0.717) is 0 Å². The van der Waals surface area contributed by atoms with Crippen LogP contribution < -0.4 is 5.73 Å². The van der Waals surface area contributed by atoms with E-state index in [1.165, 1.54) is 0 Å². The van der Waals surface area contributed by atoms with Crippen LogP contribution in [0.1, 0.15) is 24.9 Å². The maximum absolute atomic E-state index is 6.26. The molecule has 2 atom stereocenters. The first-order valence-corrected chi connectivity index (χ1v) is 7.41. The molecule has 0 aliphatic rings. The Labute approximate surface area is 124 Å².